The summed E-state index contributed by atoms with van der Waals surface area (Å²) in [5, 5.41) is 13.9. The quantitative estimate of drug-likeness (QED) is 0.285. The Balaban J connectivity index is 1.71. The van der Waals surface area contributed by atoms with Crippen LogP contribution in [0, 0.1) is 16.0 Å². The summed E-state index contributed by atoms with van der Waals surface area (Å²) in [5.41, 5.74) is -0.430. The Bertz CT molecular complexity index is 1050. The molecule has 0 aliphatic heterocycles. The highest BCUT2D eigenvalue weighted by Crippen LogP contribution is 2.27. The van der Waals surface area contributed by atoms with Gasteiger partial charge in [0.1, 0.15) is 5.02 Å². The van der Waals surface area contributed by atoms with Crippen LogP contribution in [0.25, 0.3) is 0 Å². The van der Waals surface area contributed by atoms with Crippen molar-refractivity contribution >= 4 is 34.9 Å². The second-order valence-electron chi connectivity index (χ2n) is 7.81. The number of hydrogen-bond donors (Lipinski definition) is 1. The molecule has 1 aliphatic rings. The standard InChI is InChI=1S/C23H23ClN2O6/c1-14-6-2-5-9-19(14)25-21(27)13-32-23(29)17-8-4-3-7-16(17)22(28)15-10-11-18(24)20(12-15)26(30)31/h3-4,7-8,10-12,14,19H,2,5-6,9,13H2,1H3,(H,25,27)/t14-,19+/m1/s1. The number of ketones is 1. The first-order chi connectivity index (χ1) is 15.3. The van der Waals surface area contributed by atoms with Crippen LogP contribution in [0.4, 0.5) is 5.69 Å². The van der Waals surface area contributed by atoms with Crippen LogP contribution in [-0.4, -0.2) is 35.2 Å². The number of halogens is 1. The fourth-order valence-corrected chi connectivity index (χ4v) is 3.98. The topological polar surface area (TPSA) is 116 Å². The van der Waals surface area contributed by atoms with Gasteiger partial charge in [-0.25, -0.2) is 4.79 Å². The van der Waals surface area contributed by atoms with Gasteiger partial charge in [-0.05, 0) is 37.0 Å². The summed E-state index contributed by atoms with van der Waals surface area (Å²) >= 11 is 5.81. The zero-order chi connectivity index (χ0) is 23.3. The zero-order valence-electron chi connectivity index (χ0n) is 17.5. The van der Waals surface area contributed by atoms with E-state index in [-0.39, 0.29) is 27.8 Å². The van der Waals surface area contributed by atoms with Crippen molar-refractivity contribution in [2.24, 2.45) is 5.92 Å². The average Bonchev–Trinajstić information content (AvgIpc) is 2.78. The lowest BCUT2D eigenvalue weighted by atomic mass is 9.86. The number of carbonyl (C=O) groups excluding carboxylic acids is 3. The minimum atomic E-state index is -0.829. The minimum absolute atomic E-state index is 0.00498. The lowest BCUT2D eigenvalue weighted by Crippen LogP contribution is -2.42. The Labute approximate surface area is 190 Å². The van der Waals surface area contributed by atoms with E-state index in [9.17, 15) is 24.5 Å². The maximum absolute atomic E-state index is 12.9. The van der Waals surface area contributed by atoms with Crippen molar-refractivity contribution in [3.8, 4) is 0 Å². The molecule has 2 aromatic carbocycles. The fraction of sp³-hybridized carbons (Fsp3) is 0.348. The lowest BCUT2D eigenvalue weighted by molar-refractivity contribution is -0.384. The highest BCUT2D eigenvalue weighted by molar-refractivity contribution is 6.33. The van der Waals surface area contributed by atoms with Gasteiger partial charge in [0, 0.05) is 23.2 Å². The van der Waals surface area contributed by atoms with Gasteiger partial charge >= 0.3 is 5.97 Å². The van der Waals surface area contributed by atoms with Crippen molar-refractivity contribution in [1.29, 1.82) is 0 Å². The van der Waals surface area contributed by atoms with E-state index < -0.39 is 34.9 Å². The molecule has 9 heteroatoms. The Hall–Kier alpha value is -3.26. The van der Waals surface area contributed by atoms with Crippen LogP contribution in [0.15, 0.2) is 42.5 Å². The highest BCUT2D eigenvalue weighted by atomic mass is 35.5. The van der Waals surface area contributed by atoms with Gasteiger partial charge in [0.05, 0.1) is 10.5 Å². The van der Waals surface area contributed by atoms with Crippen LogP contribution in [0.2, 0.25) is 5.02 Å². The SMILES string of the molecule is C[C@@H]1CCCC[C@@H]1NC(=O)COC(=O)c1ccccc1C(=O)c1ccc(Cl)c([N+](=O)[O-])c1. The molecule has 0 heterocycles. The third kappa shape index (κ3) is 5.50. The number of benzene rings is 2. The number of rotatable bonds is 7. The molecule has 168 valence electrons. The first-order valence-corrected chi connectivity index (χ1v) is 10.7. The van der Waals surface area contributed by atoms with Gasteiger partial charge in [0.2, 0.25) is 0 Å². The maximum Gasteiger partial charge on any atom is 0.339 e. The van der Waals surface area contributed by atoms with Gasteiger partial charge < -0.3 is 10.1 Å². The number of carbonyl (C=O) groups is 3. The fourth-order valence-electron chi connectivity index (χ4n) is 3.80. The van der Waals surface area contributed by atoms with Crippen LogP contribution >= 0.6 is 11.6 Å². The molecule has 8 nitrogen and oxygen atoms in total. The summed E-state index contributed by atoms with van der Waals surface area (Å²) in [4.78, 5) is 48.2. The molecule has 0 spiro atoms. The van der Waals surface area contributed by atoms with Gasteiger partial charge in [-0.2, -0.15) is 0 Å². The number of nitro benzene ring substituents is 1. The molecular weight excluding hydrogens is 436 g/mol. The molecule has 1 fully saturated rings. The molecule has 2 atom stereocenters. The van der Waals surface area contributed by atoms with E-state index in [0.29, 0.717) is 5.92 Å². The van der Waals surface area contributed by atoms with E-state index in [1.165, 1.54) is 24.3 Å². The number of hydrogen-bond acceptors (Lipinski definition) is 6. The predicted octanol–water partition coefficient (Wildman–Crippen LogP) is 4.33. The summed E-state index contributed by atoms with van der Waals surface area (Å²) in [6.07, 6.45) is 4.13. The number of ether oxygens (including phenoxy) is 1. The third-order valence-corrected chi connectivity index (χ3v) is 5.91. The molecular formula is C23H23ClN2O6. The molecule has 1 amide bonds. The van der Waals surface area contributed by atoms with Crippen LogP contribution in [0.1, 0.15) is 58.9 Å². The normalized spacial score (nSPS) is 17.9. The van der Waals surface area contributed by atoms with Gasteiger partial charge in [0.25, 0.3) is 11.6 Å². The Morgan fingerprint density at radius 3 is 2.50 bits per heavy atom. The number of nitrogens with zero attached hydrogens (tertiary/aromatic N) is 1. The van der Waals surface area contributed by atoms with Crippen molar-refractivity contribution in [2.75, 3.05) is 6.61 Å². The Morgan fingerprint density at radius 2 is 1.81 bits per heavy atom. The summed E-state index contributed by atoms with van der Waals surface area (Å²) in [6, 6.07) is 9.66. The van der Waals surface area contributed by atoms with Crippen molar-refractivity contribution in [2.45, 2.75) is 38.6 Å². The summed E-state index contributed by atoms with van der Waals surface area (Å²) < 4.78 is 5.14. The second kappa shape index (κ2) is 10.4. The van der Waals surface area contributed by atoms with Gasteiger partial charge in [-0.15, -0.1) is 0 Å². The van der Waals surface area contributed by atoms with Gasteiger partial charge in [-0.3, -0.25) is 19.7 Å². The molecule has 0 saturated heterocycles. The van der Waals surface area contributed by atoms with E-state index in [4.69, 9.17) is 16.3 Å². The highest BCUT2D eigenvalue weighted by Gasteiger charge is 2.25. The minimum Gasteiger partial charge on any atom is -0.452 e. The molecule has 2 aromatic rings. The first-order valence-electron chi connectivity index (χ1n) is 10.3. The smallest absolute Gasteiger partial charge is 0.339 e. The molecule has 0 radical (unpaired) electrons. The van der Waals surface area contributed by atoms with E-state index in [1.807, 2.05) is 0 Å². The lowest BCUT2D eigenvalue weighted by Gasteiger charge is -2.29. The zero-order valence-corrected chi connectivity index (χ0v) is 18.3. The van der Waals surface area contributed by atoms with Gasteiger partial charge in [0.15, 0.2) is 12.4 Å². The van der Waals surface area contributed by atoms with Crippen molar-refractivity contribution in [3.63, 3.8) is 0 Å². The molecule has 32 heavy (non-hydrogen) atoms. The second-order valence-corrected chi connectivity index (χ2v) is 8.22. The average molecular weight is 459 g/mol. The van der Waals surface area contributed by atoms with Crippen molar-refractivity contribution in [1.82, 2.24) is 5.32 Å². The van der Waals surface area contributed by atoms with E-state index in [1.54, 1.807) is 12.1 Å². The number of nitrogens with one attached hydrogen (secondary N) is 1. The summed E-state index contributed by atoms with van der Waals surface area (Å²) in [7, 11) is 0. The first kappa shape index (κ1) is 23.4. The number of amides is 1. The van der Waals surface area contributed by atoms with Gasteiger partial charge in [-0.1, -0.05) is 49.6 Å². The monoisotopic (exact) mass is 458 g/mol. The van der Waals surface area contributed by atoms with E-state index in [2.05, 4.69) is 12.2 Å². The number of esters is 1. The Kier molecular flexibility index (Phi) is 7.58. The maximum atomic E-state index is 12.9. The predicted molar refractivity (Wildman–Crippen MR) is 118 cm³/mol. The molecule has 0 aromatic heterocycles. The molecule has 0 bridgehead atoms. The van der Waals surface area contributed by atoms with Crippen LogP contribution in [0.5, 0.6) is 0 Å². The van der Waals surface area contributed by atoms with E-state index >= 15 is 0 Å². The molecule has 3 rings (SSSR count). The molecule has 0 unspecified atom stereocenters. The third-order valence-electron chi connectivity index (χ3n) is 5.59. The van der Waals surface area contributed by atoms with E-state index in [0.717, 1.165) is 31.7 Å². The summed E-state index contributed by atoms with van der Waals surface area (Å²) in [5.74, 6) is -1.46. The van der Waals surface area contributed by atoms with Crippen molar-refractivity contribution < 1.29 is 24.0 Å². The Morgan fingerprint density at radius 1 is 1.12 bits per heavy atom. The van der Waals surface area contributed by atoms with Crippen molar-refractivity contribution in [3.05, 3.63) is 74.3 Å². The van der Waals surface area contributed by atoms with Crippen LogP contribution in [-0.2, 0) is 9.53 Å². The molecule has 1 aliphatic carbocycles. The molecule has 1 N–H and O–H groups in total. The summed E-state index contributed by atoms with van der Waals surface area (Å²) in [6.45, 7) is 1.62. The largest absolute Gasteiger partial charge is 0.452 e. The number of nitro groups is 1. The van der Waals surface area contributed by atoms with Crippen LogP contribution < -0.4 is 5.32 Å². The van der Waals surface area contributed by atoms with Crippen LogP contribution in [0.3, 0.4) is 0 Å². The molecule has 1 saturated carbocycles.